The zero-order valence-electron chi connectivity index (χ0n) is 8.30. The van der Waals surface area contributed by atoms with Crippen LogP contribution in [0.25, 0.3) is 0 Å². The van der Waals surface area contributed by atoms with Crippen molar-refractivity contribution in [2.24, 2.45) is 0 Å². The third-order valence-electron chi connectivity index (χ3n) is 2.50. The standard InChI is InChI=1S/C10H12O3S2/c1-15(11,12)9-4-2-8(3-5-9)10(14)6-13-7-10/h2-5,14H,6-7H2,1H3. The van der Waals surface area contributed by atoms with Crippen molar-refractivity contribution in [2.75, 3.05) is 19.5 Å². The molecule has 0 N–H and O–H groups in total. The first-order valence-corrected chi connectivity index (χ1v) is 6.86. The smallest absolute Gasteiger partial charge is 0.175 e. The van der Waals surface area contributed by atoms with Gasteiger partial charge in [0, 0.05) is 6.26 Å². The monoisotopic (exact) mass is 244 g/mol. The first-order valence-electron chi connectivity index (χ1n) is 4.53. The van der Waals surface area contributed by atoms with Crippen LogP contribution in [0, 0.1) is 0 Å². The van der Waals surface area contributed by atoms with Crippen LogP contribution in [0.15, 0.2) is 29.2 Å². The zero-order valence-corrected chi connectivity index (χ0v) is 10.0. The van der Waals surface area contributed by atoms with Crippen LogP contribution in [0.1, 0.15) is 5.56 Å². The molecule has 3 nitrogen and oxygen atoms in total. The third kappa shape index (κ3) is 2.04. The van der Waals surface area contributed by atoms with Crippen LogP contribution in [0.5, 0.6) is 0 Å². The van der Waals surface area contributed by atoms with Gasteiger partial charge in [-0.1, -0.05) is 12.1 Å². The summed E-state index contributed by atoms with van der Waals surface area (Å²) >= 11 is 4.50. The van der Waals surface area contributed by atoms with E-state index in [0.29, 0.717) is 18.1 Å². The lowest BCUT2D eigenvalue weighted by atomic mass is 9.96. The topological polar surface area (TPSA) is 43.4 Å². The normalized spacial score (nSPS) is 19.6. The molecule has 1 aromatic carbocycles. The highest BCUT2D eigenvalue weighted by molar-refractivity contribution is 7.90. The van der Waals surface area contributed by atoms with E-state index >= 15 is 0 Å². The number of benzene rings is 1. The molecule has 0 spiro atoms. The minimum absolute atomic E-state index is 0.240. The molecule has 0 saturated carbocycles. The SMILES string of the molecule is CS(=O)(=O)c1ccc(C2(S)COC2)cc1. The first kappa shape index (κ1) is 11.0. The first-order chi connectivity index (χ1) is 6.92. The molecule has 0 aliphatic carbocycles. The van der Waals surface area contributed by atoms with Crippen molar-refractivity contribution in [3.63, 3.8) is 0 Å². The summed E-state index contributed by atoms with van der Waals surface area (Å²) in [5, 5.41) is 0. The molecule has 1 aromatic rings. The summed E-state index contributed by atoms with van der Waals surface area (Å²) in [6, 6.07) is 6.82. The van der Waals surface area contributed by atoms with Gasteiger partial charge in [0.2, 0.25) is 0 Å². The summed E-state index contributed by atoms with van der Waals surface area (Å²) in [5.41, 5.74) is 1.00. The molecule has 0 aromatic heterocycles. The van der Waals surface area contributed by atoms with Crippen LogP contribution >= 0.6 is 12.6 Å². The summed E-state index contributed by atoms with van der Waals surface area (Å²) in [4.78, 5) is 0.337. The summed E-state index contributed by atoms with van der Waals surface area (Å²) < 4.78 is 27.3. The summed E-state index contributed by atoms with van der Waals surface area (Å²) in [6.07, 6.45) is 1.20. The van der Waals surface area contributed by atoms with Gasteiger partial charge in [0.15, 0.2) is 9.84 Å². The van der Waals surface area contributed by atoms with Crippen LogP contribution < -0.4 is 0 Å². The Balaban J connectivity index is 2.32. The van der Waals surface area contributed by atoms with E-state index in [9.17, 15) is 8.42 Å². The molecule has 82 valence electrons. The molecule has 1 aliphatic heterocycles. The maximum atomic E-state index is 11.2. The fraction of sp³-hybridized carbons (Fsp3) is 0.400. The molecule has 1 aliphatic rings. The third-order valence-corrected chi connectivity index (χ3v) is 4.15. The maximum absolute atomic E-state index is 11.2. The van der Waals surface area contributed by atoms with Crippen LogP contribution in [0.2, 0.25) is 0 Å². The van der Waals surface area contributed by atoms with Crippen molar-refractivity contribution in [3.8, 4) is 0 Å². The van der Waals surface area contributed by atoms with Crippen molar-refractivity contribution < 1.29 is 13.2 Å². The van der Waals surface area contributed by atoms with Crippen LogP contribution in [0.3, 0.4) is 0 Å². The molecular weight excluding hydrogens is 232 g/mol. The van der Waals surface area contributed by atoms with Gasteiger partial charge in [-0.2, -0.15) is 12.6 Å². The Hall–Kier alpha value is -0.520. The summed E-state index contributed by atoms with van der Waals surface area (Å²) in [5.74, 6) is 0. The second-order valence-corrected chi connectivity index (χ2v) is 6.69. The number of sulfone groups is 1. The van der Waals surface area contributed by atoms with E-state index in [2.05, 4.69) is 12.6 Å². The highest BCUT2D eigenvalue weighted by Gasteiger charge is 2.36. The second kappa shape index (κ2) is 3.50. The van der Waals surface area contributed by atoms with Gasteiger partial charge < -0.3 is 4.74 Å². The molecule has 15 heavy (non-hydrogen) atoms. The quantitative estimate of drug-likeness (QED) is 0.796. The number of hydrogen-bond donors (Lipinski definition) is 1. The lowest BCUT2D eigenvalue weighted by Crippen LogP contribution is -2.41. The average molecular weight is 244 g/mol. The molecule has 1 saturated heterocycles. The Kier molecular flexibility index (Phi) is 2.56. The van der Waals surface area contributed by atoms with Gasteiger partial charge in [-0.25, -0.2) is 8.42 Å². The van der Waals surface area contributed by atoms with Crippen molar-refractivity contribution in [3.05, 3.63) is 29.8 Å². The molecular formula is C10H12O3S2. The Bertz CT molecular complexity index is 458. The van der Waals surface area contributed by atoms with E-state index in [1.807, 2.05) is 0 Å². The molecule has 1 fully saturated rings. The zero-order chi connectivity index (χ0) is 11.1. The van der Waals surface area contributed by atoms with Crippen LogP contribution in [-0.4, -0.2) is 27.9 Å². The fourth-order valence-electron chi connectivity index (χ4n) is 1.47. The van der Waals surface area contributed by atoms with E-state index in [1.54, 1.807) is 24.3 Å². The van der Waals surface area contributed by atoms with Gasteiger partial charge in [-0.05, 0) is 17.7 Å². The van der Waals surface area contributed by atoms with Gasteiger partial charge in [0.05, 0.1) is 22.9 Å². The maximum Gasteiger partial charge on any atom is 0.175 e. The predicted octanol–water partition coefficient (Wildman–Crippen LogP) is 1.25. The summed E-state index contributed by atoms with van der Waals surface area (Å²) in [6.45, 7) is 1.16. The van der Waals surface area contributed by atoms with Gasteiger partial charge in [-0.3, -0.25) is 0 Å². The average Bonchev–Trinajstić information content (AvgIpc) is 2.13. The van der Waals surface area contributed by atoms with Crippen molar-refractivity contribution >= 4 is 22.5 Å². The van der Waals surface area contributed by atoms with E-state index in [-0.39, 0.29) is 4.75 Å². The van der Waals surface area contributed by atoms with E-state index < -0.39 is 9.84 Å². The number of thiol groups is 1. The predicted molar refractivity (Wildman–Crippen MR) is 61.0 cm³/mol. The molecule has 0 atom stereocenters. The van der Waals surface area contributed by atoms with E-state index in [4.69, 9.17) is 4.74 Å². The minimum Gasteiger partial charge on any atom is -0.378 e. The second-order valence-electron chi connectivity index (χ2n) is 3.82. The lowest BCUT2D eigenvalue weighted by molar-refractivity contribution is -0.00971. The van der Waals surface area contributed by atoms with Gasteiger partial charge in [-0.15, -0.1) is 0 Å². The number of hydrogen-bond acceptors (Lipinski definition) is 4. The van der Waals surface area contributed by atoms with E-state index in [1.165, 1.54) is 6.26 Å². The fourth-order valence-corrected chi connectivity index (χ4v) is 2.44. The molecule has 0 unspecified atom stereocenters. The Morgan fingerprint density at radius 1 is 1.27 bits per heavy atom. The molecule has 0 radical (unpaired) electrons. The number of rotatable bonds is 2. The lowest BCUT2D eigenvalue weighted by Gasteiger charge is -2.37. The Morgan fingerprint density at radius 3 is 2.13 bits per heavy atom. The highest BCUT2D eigenvalue weighted by atomic mass is 32.2. The molecule has 2 rings (SSSR count). The Morgan fingerprint density at radius 2 is 1.80 bits per heavy atom. The van der Waals surface area contributed by atoms with Crippen molar-refractivity contribution in [1.82, 2.24) is 0 Å². The van der Waals surface area contributed by atoms with Crippen LogP contribution in [0.4, 0.5) is 0 Å². The molecule has 0 amide bonds. The van der Waals surface area contributed by atoms with Crippen LogP contribution in [-0.2, 0) is 19.3 Å². The molecule has 5 heteroatoms. The van der Waals surface area contributed by atoms with Crippen molar-refractivity contribution in [2.45, 2.75) is 9.64 Å². The molecule has 1 heterocycles. The van der Waals surface area contributed by atoms with Gasteiger partial charge >= 0.3 is 0 Å². The number of ether oxygens (including phenoxy) is 1. The molecule has 0 bridgehead atoms. The summed E-state index contributed by atoms with van der Waals surface area (Å²) in [7, 11) is -3.11. The van der Waals surface area contributed by atoms with Gasteiger partial charge in [0.1, 0.15) is 0 Å². The highest BCUT2D eigenvalue weighted by Crippen LogP contribution is 2.36. The largest absolute Gasteiger partial charge is 0.378 e. The van der Waals surface area contributed by atoms with E-state index in [0.717, 1.165) is 5.56 Å². The Labute approximate surface area is 94.8 Å². The minimum atomic E-state index is -3.11. The van der Waals surface area contributed by atoms with Gasteiger partial charge in [0.25, 0.3) is 0 Å². The van der Waals surface area contributed by atoms with Crippen molar-refractivity contribution in [1.29, 1.82) is 0 Å².